The van der Waals surface area contributed by atoms with E-state index in [9.17, 15) is 13.2 Å². The third-order valence-corrected chi connectivity index (χ3v) is 5.43. The Kier molecular flexibility index (Phi) is 5.42. The number of nitrogens with two attached hydrogens (primary N) is 1. The van der Waals surface area contributed by atoms with Crippen LogP contribution in [0.15, 0.2) is 24.3 Å². The van der Waals surface area contributed by atoms with E-state index in [-0.39, 0.29) is 17.7 Å². The number of carbonyl (C=O) groups excluding carboxylic acids is 1. The molecule has 0 bridgehead atoms. The highest BCUT2D eigenvalue weighted by Gasteiger charge is 2.26. The summed E-state index contributed by atoms with van der Waals surface area (Å²) in [4.78, 5) is 14.2. The monoisotopic (exact) mass is 325 g/mol. The summed E-state index contributed by atoms with van der Waals surface area (Å²) in [6.45, 7) is 2.91. The first-order chi connectivity index (χ1) is 10.4. The molecule has 0 aliphatic carbocycles. The van der Waals surface area contributed by atoms with Gasteiger partial charge in [0.05, 0.1) is 11.3 Å². The van der Waals surface area contributed by atoms with Gasteiger partial charge in [-0.3, -0.25) is 4.79 Å². The van der Waals surface area contributed by atoms with E-state index < -0.39 is 10.0 Å². The lowest BCUT2D eigenvalue weighted by molar-refractivity contribution is 0.0712. The number of hydrogen-bond donors (Lipinski definition) is 2. The van der Waals surface area contributed by atoms with Crippen LogP contribution < -0.4 is 10.5 Å². The van der Waals surface area contributed by atoms with Crippen LogP contribution in [0.25, 0.3) is 0 Å². The molecule has 0 spiro atoms. The van der Waals surface area contributed by atoms with Crippen LogP contribution in [0.3, 0.4) is 0 Å². The van der Waals surface area contributed by atoms with E-state index in [0.717, 1.165) is 0 Å². The number of amides is 1. The maximum absolute atomic E-state index is 12.4. The summed E-state index contributed by atoms with van der Waals surface area (Å²) in [5.41, 5.74) is 6.81. The predicted molar refractivity (Wildman–Crippen MR) is 87.0 cm³/mol. The van der Waals surface area contributed by atoms with Gasteiger partial charge in [0.2, 0.25) is 10.0 Å². The molecule has 22 heavy (non-hydrogen) atoms. The normalized spacial score (nSPS) is 16.7. The number of likely N-dealkylation sites (tertiary alicyclic amines) is 1. The fraction of sp³-hybridized carbons (Fsp3) is 0.533. The third-order valence-electron chi connectivity index (χ3n) is 3.79. The van der Waals surface area contributed by atoms with E-state index in [1.165, 1.54) is 0 Å². The van der Waals surface area contributed by atoms with Crippen molar-refractivity contribution in [3.8, 4) is 0 Å². The molecule has 0 radical (unpaired) electrons. The van der Waals surface area contributed by atoms with Crippen molar-refractivity contribution in [2.24, 2.45) is 0 Å². The fourth-order valence-corrected chi connectivity index (χ4v) is 4.04. The molecular weight excluding hydrogens is 302 g/mol. The predicted octanol–water partition coefficient (Wildman–Crippen LogP) is 1.20. The van der Waals surface area contributed by atoms with E-state index in [1.54, 1.807) is 29.2 Å². The van der Waals surface area contributed by atoms with Crippen molar-refractivity contribution < 1.29 is 13.2 Å². The van der Waals surface area contributed by atoms with Crippen molar-refractivity contribution in [2.75, 3.05) is 24.6 Å². The zero-order chi connectivity index (χ0) is 16.2. The average Bonchev–Trinajstić information content (AvgIpc) is 2.47. The summed E-state index contributed by atoms with van der Waals surface area (Å²) in [6, 6.07) is 6.91. The zero-order valence-corrected chi connectivity index (χ0v) is 13.6. The first kappa shape index (κ1) is 16.8. The van der Waals surface area contributed by atoms with E-state index in [2.05, 4.69) is 4.72 Å². The topological polar surface area (TPSA) is 92.5 Å². The number of carbonyl (C=O) groups is 1. The standard InChI is InChI=1S/C15H23N3O3S/c1-2-11-22(20,21)17-12-7-9-18(10-8-12)15(19)13-5-3-4-6-14(13)16/h3-6,12,17H,2,7-11,16H2,1H3. The Morgan fingerprint density at radius 2 is 1.95 bits per heavy atom. The molecule has 1 aromatic rings. The summed E-state index contributed by atoms with van der Waals surface area (Å²) < 4.78 is 26.3. The molecule has 0 atom stereocenters. The molecule has 0 aromatic heterocycles. The van der Waals surface area contributed by atoms with Crippen LogP contribution >= 0.6 is 0 Å². The van der Waals surface area contributed by atoms with E-state index in [4.69, 9.17) is 5.73 Å². The second-order valence-electron chi connectivity index (χ2n) is 5.59. The molecule has 1 aromatic carbocycles. The van der Waals surface area contributed by atoms with Crippen molar-refractivity contribution in [3.63, 3.8) is 0 Å². The lowest BCUT2D eigenvalue weighted by atomic mass is 10.0. The fourth-order valence-electron chi connectivity index (χ4n) is 2.64. The van der Waals surface area contributed by atoms with E-state index >= 15 is 0 Å². The number of anilines is 1. The Hall–Kier alpha value is -1.60. The Labute approximate surface area is 131 Å². The maximum Gasteiger partial charge on any atom is 0.255 e. The largest absolute Gasteiger partial charge is 0.398 e. The molecule has 1 saturated heterocycles. The molecule has 6 nitrogen and oxygen atoms in total. The quantitative estimate of drug-likeness (QED) is 0.796. The first-order valence-corrected chi connectivity index (χ1v) is 9.22. The molecule has 1 amide bonds. The van der Waals surface area contributed by atoms with Gasteiger partial charge >= 0.3 is 0 Å². The Bertz CT molecular complexity index is 623. The highest BCUT2D eigenvalue weighted by molar-refractivity contribution is 7.89. The number of hydrogen-bond acceptors (Lipinski definition) is 4. The van der Waals surface area contributed by atoms with E-state index in [1.807, 2.05) is 6.92 Å². The number of rotatable bonds is 5. The van der Waals surface area contributed by atoms with Gasteiger partial charge in [0.1, 0.15) is 0 Å². The molecule has 7 heteroatoms. The van der Waals surface area contributed by atoms with Crippen molar-refractivity contribution in [1.82, 2.24) is 9.62 Å². The van der Waals surface area contributed by atoms with Crippen molar-refractivity contribution >= 4 is 21.6 Å². The smallest absolute Gasteiger partial charge is 0.255 e. The summed E-state index contributed by atoms with van der Waals surface area (Å²) in [5, 5.41) is 0. The van der Waals surface area contributed by atoms with Crippen LogP contribution in [0, 0.1) is 0 Å². The summed E-state index contributed by atoms with van der Waals surface area (Å²) in [7, 11) is -3.20. The second-order valence-corrected chi connectivity index (χ2v) is 7.46. The number of piperidine rings is 1. The van der Waals surface area contributed by atoms with Gasteiger partial charge in [0.25, 0.3) is 5.91 Å². The minimum Gasteiger partial charge on any atom is -0.398 e. The summed E-state index contributed by atoms with van der Waals surface area (Å²) in [6.07, 6.45) is 1.85. The first-order valence-electron chi connectivity index (χ1n) is 7.56. The molecule has 3 N–H and O–H groups in total. The van der Waals surface area contributed by atoms with Crippen LogP contribution in [-0.2, 0) is 10.0 Å². The maximum atomic E-state index is 12.4. The van der Waals surface area contributed by atoms with Crippen LogP contribution in [0.4, 0.5) is 5.69 Å². The molecule has 2 rings (SSSR count). The molecular formula is C15H23N3O3S. The number of nitrogen functional groups attached to an aromatic ring is 1. The number of nitrogens with one attached hydrogen (secondary N) is 1. The molecule has 0 saturated carbocycles. The molecule has 1 aliphatic heterocycles. The highest BCUT2D eigenvalue weighted by Crippen LogP contribution is 2.18. The highest BCUT2D eigenvalue weighted by atomic mass is 32.2. The molecule has 1 fully saturated rings. The van der Waals surface area contributed by atoms with Gasteiger partial charge in [-0.25, -0.2) is 13.1 Å². The Balaban J connectivity index is 1.92. The van der Waals surface area contributed by atoms with Gasteiger partial charge in [-0.05, 0) is 31.4 Å². The van der Waals surface area contributed by atoms with Crippen LogP contribution in [-0.4, -0.2) is 44.1 Å². The van der Waals surface area contributed by atoms with Gasteiger partial charge < -0.3 is 10.6 Å². The lowest BCUT2D eigenvalue weighted by Gasteiger charge is -2.32. The minimum absolute atomic E-state index is 0.0891. The van der Waals surface area contributed by atoms with Gasteiger partial charge in [0, 0.05) is 24.8 Å². The second kappa shape index (κ2) is 7.11. The van der Waals surface area contributed by atoms with Crippen LogP contribution in [0.5, 0.6) is 0 Å². The number of para-hydroxylation sites is 1. The summed E-state index contributed by atoms with van der Waals surface area (Å²) in [5.74, 6) is 0.0557. The van der Waals surface area contributed by atoms with Gasteiger partial charge in [-0.2, -0.15) is 0 Å². The average molecular weight is 325 g/mol. The van der Waals surface area contributed by atoms with Gasteiger partial charge in [0.15, 0.2) is 0 Å². The molecule has 122 valence electrons. The van der Waals surface area contributed by atoms with Crippen molar-refractivity contribution in [3.05, 3.63) is 29.8 Å². The van der Waals surface area contributed by atoms with E-state index in [0.29, 0.717) is 43.6 Å². The van der Waals surface area contributed by atoms with Gasteiger partial charge in [-0.15, -0.1) is 0 Å². The zero-order valence-electron chi connectivity index (χ0n) is 12.8. The number of nitrogens with zero attached hydrogens (tertiary/aromatic N) is 1. The molecule has 1 heterocycles. The number of sulfonamides is 1. The summed E-state index contributed by atoms with van der Waals surface area (Å²) >= 11 is 0. The minimum atomic E-state index is -3.20. The number of benzene rings is 1. The molecule has 0 unspecified atom stereocenters. The Morgan fingerprint density at radius 1 is 1.32 bits per heavy atom. The van der Waals surface area contributed by atoms with Gasteiger partial charge in [-0.1, -0.05) is 19.1 Å². The van der Waals surface area contributed by atoms with Crippen LogP contribution in [0.1, 0.15) is 36.5 Å². The molecule has 1 aliphatic rings. The SMILES string of the molecule is CCCS(=O)(=O)NC1CCN(C(=O)c2ccccc2N)CC1. The lowest BCUT2D eigenvalue weighted by Crippen LogP contribution is -2.47. The van der Waals surface area contributed by atoms with Crippen molar-refractivity contribution in [1.29, 1.82) is 0 Å². The Morgan fingerprint density at radius 3 is 2.55 bits per heavy atom. The van der Waals surface area contributed by atoms with Crippen molar-refractivity contribution in [2.45, 2.75) is 32.2 Å². The third kappa shape index (κ3) is 4.20. The van der Waals surface area contributed by atoms with Crippen LogP contribution in [0.2, 0.25) is 0 Å².